The Kier molecular flexibility index (Phi) is 4.21. The minimum absolute atomic E-state index is 0.261. The van der Waals surface area contributed by atoms with Gasteiger partial charge >= 0.3 is 0 Å². The first kappa shape index (κ1) is 13.3. The van der Waals surface area contributed by atoms with Gasteiger partial charge in [0, 0.05) is 12.6 Å². The zero-order chi connectivity index (χ0) is 12.4. The maximum absolute atomic E-state index is 6.22. The first-order valence-corrected chi connectivity index (χ1v) is 8.93. The van der Waals surface area contributed by atoms with Crippen molar-refractivity contribution in [1.82, 2.24) is 5.32 Å². The predicted octanol–water partition coefficient (Wildman–Crippen LogP) is 3.07. The number of hydrogen-bond acceptors (Lipinski definition) is 3. The highest BCUT2D eigenvalue weighted by atomic mass is 32.2. The summed E-state index contributed by atoms with van der Waals surface area (Å²) in [7, 11) is 0. The molecule has 18 heavy (non-hydrogen) atoms. The van der Waals surface area contributed by atoms with Crippen LogP contribution in [0.15, 0.2) is 0 Å². The van der Waals surface area contributed by atoms with Crippen LogP contribution in [0.1, 0.15) is 45.4 Å². The summed E-state index contributed by atoms with van der Waals surface area (Å²) >= 11 is 2.11. The summed E-state index contributed by atoms with van der Waals surface area (Å²) in [5, 5.41) is 3.78. The van der Waals surface area contributed by atoms with Crippen molar-refractivity contribution in [1.29, 1.82) is 0 Å². The van der Waals surface area contributed by atoms with E-state index in [9.17, 15) is 0 Å². The fraction of sp³-hybridized carbons (Fsp3) is 1.00. The molecular formula is C15H27NOS. The van der Waals surface area contributed by atoms with Gasteiger partial charge < -0.3 is 10.1 Å². The molecule has 0 aromatic heterocycles. The molecule has 1 N–H and O–H groups in total. The lowest BCUT2D eigenvalue weighted by atomic mass is 9.77. The molecule has 104 valence electrons. The predicted molar refractivity (Wildman–Crippen MR) is 78.2 cm³/mol. The van der Waals surface area contributed by atoms with Crippen molar-refractivity contribution in [2.45, 2.75) is 57.1 Å². The molecule has 0 aromatic rings. The van der Waals surface area contributed by atoms with Crippen LogP contribution in [0.2, 0.25) is 0 Å². The molecule has 2 heterocycles. The lowest BCUT2D eigenvalue weighted by Gasteiger charge is -2.45. The van der Waals surface area contributed by atoms with Crippen LogP contribution in [0, 0.1) is 11.8 Å². The van der Waals surface area contributed by atoms with Crippen LogP contribution in [0.3, 0.4) is 0 Å². The van der Waals surface area contributed by atoms with Crippen LogP contribution < -0.4 is 5.32 Å². The van der Waals surface area contributed by atoms with Gasteiger partial charge in [-0.2, -0.15) is 11.8 Å². The third-order valence-corrected chi connectivity index (χ3v) is 6.00. The summed E-state index contributed by atoms with van der Waals surface area (Å²) in [5.74, 6) is 4.46. The lowest BCUT2D eigenvalue weighted by molar-refractivity contribution is -0.108. The van der Waals surface area contributed by atoms with Gasteiger partial charge in [0.05, 0.1) is 5.60 Å². The summed E-state index contributed by atoms with van der Waals surface area (Å²) in [5.41, 5.74) is 0.261. The van der Waals surface area contributed by atoms with Crippen LogP contribution in [-0.4, -0.2) is 36.3 Å². The molecular weight excluding hydrogens is 242 g/mol. The lowest BCUT2D eigenvalue weighted by Crippen LogP contribution is -2.49. The van der Waals surface area contributed by atoms with Crippen LogP contribution in [0.5, 0.6) is 0 Å². The summed E-state index contributed by atoms with van der Waals surface area (Å²) < 4.78 is 6.22. The summed E-state index contributed by atoms with van der Waals surface area (Å²) in [6.07, 6.45) is 8.09. The van der Waals surface area contributed by atoms with Crippen molar-refractivity contribution in [3.05, 3.63) is 0 Å². The smallest absolute Gasteiger partial charge is 0.0701 e. The zero-order valence-electron chi connectivity index (χ0n) is 11.6. The molecule has 0 aromatic carbocycles. The molecule has 1 aliphatic carbocycles. The van der Waals surface area contributed by atoms with Gasteiger partial charge in [0.2, 0.25) is 0 Å². The first-order valence-electron chi connectivity index (χ1n) is 7.78. The molecule has 1 spiro atoms. The number of hydrogen-bond donors (Lipinski definition) is 1. The largest absolute Gasteiger partial charge is 0.375 e. The van der Waals surface area contributed by atoms with Crippen LogP contribution in [-0.2, 0) is 4.74 Å². The van der Waals surface area contributed by atoms with Crippen molar-refractivity contribution in [3.63, 3.8) is 0 Å². The molecule has 3 heteroatoms. The quantitative estimate of drug-likeness (QED) is 0.847. The molecule has 0 bridgehead atoms. The minimum atomic E-state index is 0.261. The summed E-state index contributed by atoms with van der Waals surface area (Å²) in [6.45, 7) is 4.38. The Bertz CT molecular complexity index is 268. The first-order chi connectivity index (χ1) is 8.83. The van der Waals surface area contributed by atoms with E-state index >= 15 is 0 Å². The third kappa shape index (κ3) is 2.88. The highest BCUT2D eigenvalue weighted by Crippen LogP contribution is 2.45. The third-order valence-electron chi connectivity index (χ3n) is 5.01. The number of rotatable bonds is 4. The average Bonchev–Trinajstić information content (AvgIpc) is 3.21. The Morgan fingerprint density at radius 1 is 1.22 bits per heavy atom. The van der Waals surface area contributed by atoms with Gasteiger partial charge in [0.1, 0.15) is 0 Å². The average molecular weight is 269 g/mol. The van der Waals surface area contributed by atoms with Crippen molar-refractivity contribution in [2.75, 3.05) is 24.7 Å². The molecule has 2 atom stereocenters. The second-order valence-electron chi connectivity index (χ2n) is 6.32. The van der Waals surface area contributed by atoms with E-state index in [1.807, 2.05) is 0 Å². The second-order valence-corrected chi connectivity index (χ2v) is 7.54. The fourth-order valence-electron chi connectivity index (χ4n) is 3.87. The van der Waals surface area contributed by atoms with Gasteiger partial charge in [-0.25, -0.2) is 0 Å². The number of ether oxygens (including phenoxy) is 1. The van der Waals surface area contributed by atoms with Crippen molar-refractivity contribution >= 4 is 11.8 Å². The summed E-state index contributed by atoms with van der Waals surface area (Å²) in [4.78, 5) is 0. The van der Waals surface area contributed by atoms with E-state index < -0.39 is 0 Å². The van der Waals surface area contributed by atoms with Gasteiger partial charge in [0.25, 0.3) is 0 Å². The highest BCUT2D eigenvalue weighted by molar-refractivity contribution is 7.99. The van der Waals surface area contributed by atoms with Gasteiger partial charge in [0.15, 0.2) is 0 Å². The van der Waals surface area contributed by atoms with E-state index in [0.717, 1.165) is 31.0 Å². The fourth-order valence-corrected chi connectivity index (χ4v) is 5.11. The van der Waals surface area contributed by atoms with Crippen LogP contribution in [0.4, 0.5) is 0 Å². The van der Waals surface area contributed by atoms with E-state index in [0.29, 0.717) is 0 Å². The monoisotopic (exact) mass is 269 g/mol. The standard InChI is InChI=1S/C15H27NOS/c1-2-16-14(12-3-4-12)13-5-8-17-15(11-13)6-9-18-10-7-15/h12-14,16H,2-11H2,1H3. The number of thioether (sulfide) groups is 1. The Morgan fingerprint density at radius 3 is 2.67 bits per heavy atom. The zero-order valence-corrected chi connectivity index (χ0v) is 12.4. The van der Waals surface area contributed by atoms with Crippen molar-refractivity contribution < 1.29 is 4.74 Å². The van der Waals surface area contributed by atoms with Gasteiger partial charge in [-0.3, -0.25) is 0 Å². The van der Waals surface area contributed by atoms with E-state index in [1.165, 1.54) is 50.0 Å². The SMILES string of the molecule is CCNC(C1CC1)C1CCOC2(CCSCC2)C1. The molecule has 0 amide bonds. The van der Waals surface area contributed by atoms with Crippen LogP contribution >= 0.6 is 11.8 Å². The maximum Gasteiger partial charge on any atom is 0.0701 e. The van der Waals surface area contributed by atoms with Crippen molar-refractivity contribution in [2.24, 2.45) is 11.8 Å². The normalized spacial score (nSPS) is 33.5. The Balaban J connectivity index is 1.64. The Hall–Kier alpha value is 0.270. The molecule has 2 saturated heterocycles. The molecule has 3 rings (SSSR count). The maximum atomic E-state index is 6.22. The molecule has 3 aliphatic rings. The topological polar surface area (TPSA) is 21.3 Å². The molecule has 2 unspecified atom stereocenters. The highest BCUT2D eigenvalue weighted by Gasteiger charge is 2.44. The number of nitrogens with one attached hydrogen (secondary N) is 1. The van der Waals surface area contributed by atoms with E-state index in [4.69, 9.17) is 4.74 Å². The molecule has 3 fully saturated rings. The van der Waals surface area contributed by atoms with Crippen molar-refractivity contribution in [3.8, 4) is 0 Å². The van der Waals surface area contributed by atoms with E-state index in [2.05, 4.69) is 24.0 Å². The van der Waals surface area contributed by atoms with Crippen LogP contribution in [0.25, 0.3) is 0 Å². The second kappa shape index (κ2) is 5.72. The molecule has 1 saturated carbocycles. The molecule has 2 aliphatic heterocycles. The summed E-state index contributed by atoms with van der Waals surface area (Å²) in [6, 6.07) is 0.783. The van der Waals surface area contributed by atoms with Gasteiger partial charge in [-0.05, 0) is 68.4 Å². The molecule has 0 radical (unpaired) electrons. The Labute approximate surface area is 116 Å². The molecule has 2 nitrogen and oxygen atoms in total. The Morgan fingerprint density at radius 2 is 2.00 bits per heavy atom. The van der Waals surface area contributed by atoms with E-state index in [-0.39, 0.29) is 5.60 Å². The van der Waals surface area contributed by atoms with E-state index in [1.54, 1.807) is 0 Å². The minimum Gasteiger partial charge on any atom is -0.375 e. The van der Waals surface area contributed by atoms with Gasteiger partial charge in [-0.15, -0.1) is 0 Å². The van der Waals surface area contributed by atoms with Gasteiger partial charge in [-0.1, -0.05) is 6.92 Å².